The van der Waals surface area contributed by atoms with Crippen molar-refractivity contribution in [3.63, 3.8) is 0 Å². The molecule has 2 aromatic heterocycles. The smallest absolute Gasteiger partial charge is 0.382 e. The maximum absolute atomic E-state index is 13.1. The largest absolute Gasteiger partial charge is 0.416 e. The maximum atomic E-state index is 13.1. The molecular weight excluding hydrogens is 397 g/mol. The quantitative estimate of drug-likeness (QED) is 0.649. The molecule has 0 fully saturated rings. The van der Waals surface area contributed by atoms with Crippen molar-refractivity contribution in [2.75, 3.05) is 28.6 Å². The lowest BCUT2D eigenvalue weighted by Crippen LogP contribution is -2.36. The van der Waals surface area contributed by atoms with Gasteiger partial charge in [0.15, 0.2) is 11.6 Å². The van der Waals surface area contributed by atoms with Crippen LogP contribution in [0.1, 0.15) is 12.0 Å². The van der Waals surface area contributed by atoms with E-state index in [-0.39, 0.29) is 5.82 Å². The third-order valence-electron chi connectivity index (χ3n) is 4.53. The lowest BCUT2D eigenvalue weighted by Gasteiger charge is -2.22. The molecule has 1 aromatic carbocycles. The highest BCUT2D eigenvalue weighted by Gasteiger charge is 2.31. The van der Waals surface area contributed by atoms with E-state index in [0.29, 0.717) is 42.3 Å². The van der Waals surface area contributed by atoms with E-state index in [1.54, 1.807) is 18.2 Å². The summed E-state index contributed by atoms with van der Waals surface area (Å²) in [5.41, 5.74) is 0.511. The number of amides is 2. The molecule has 4 rings (SSSR count). The van der Waals surface area contributed by atoms with E-state index in [9.17, 15) is 18.0 Å². The van der Waals surface area contributed by atoms with E-state index in [2.05, 4.69) is 25.6 Å². The third kappa shape index (κ3) is 4.17. The molecule has 2 N–H and O–H groups in total. The van der Waals surface area contributed by atoms with Crippen molar-refractivity contribution in [3.8, 4) is 11.3 Å². The molecule has 0 unspecified atom stereocenters. The SMILES string of the molecule is O=C(Nc1cnccn1)N1CCCNc2ccc(-c3cccc(C(F)(F)F)c3)nc21. The van der Waals surface area contributed by atoms with Gasteiger partial charge >= 0.3 is 12.2 Å². The number of hydrogen-bond acceptors (Lipinski definition) is 5. The van der Waals surface area contributed by atoms with Crippen molar-refractivity contribution in [3.05, 3.63) is 60.6 Å². The van der Waals surface area contributed by atoms with E-state index < -0.39 is 17.8 Å². The molecule has 0 spiro atoms. The first kappa shape index (κ1) is 19.6. The van der Waals surface area contributed by atoms with Crippen LogP contribution in [0.2, 0.25) is 0 Å². The molecule has 3 aromatic rings. The Bertz CT molecular complexity index is 1060. The topological polar surface area (TPSA) is 83.0 Å². The molecule has 0 aliphatic carbocycles. The number of fused-ring (bicyclic) bond motifs is 1. The van der Waals surface area contributed by atoms with Gasteiger partial charge in [-0.05, 0) is 30.7 Å². The number of anilines is 3. The molecule has 30 heavy (non-hydrogen) atoms. The zero-order valence-corrected chi connectivity index (χ0v) is 15.6. The van der Waals surface area contributed by atoms with Gasteiger partial charge in [-0.25, -0.2) is 14.8 Å². The van der Waals surface area contributed by atoms with Gasteiger partial charge in [-0.2, -0.15) is 13.2 Å². The maximum Gasteiger partial charge on any atom is 0.416 e. The van der Waals surface area contributed by atoms with Gasteiger partial charge in [0.1, 0.15) is 0 Å². The van der Waals surface area contributed by atoms with Gasteiger partial charge in [-0.1, -0.05) is 12.1 Å². The van der Waals surface area contributed by atoms with Crippen LogP contribution in [0.5, 0.6) is 0 Å². The molecule has 0 radical (unpaired) electrons. The fourth-order valence-electron chi connectivity index (χ4n) is 3.11. The number of carbonyl (C=O) groups excluding carboxylic acids is 1. The fraction of sp³-hybridized carbons (Fsp3) is 0.200. The Labute approximate surface area is 170 Å². The van der Waals surface area contributed by atoms with Crippen LogP contribution in [0.15, 0.2) is 55.0 Å². The van der Waals surface area contributed by atoms with Gasteiger partial charge in [0.2, 0.25) is 0 Å². The Kier molecular flexibility index (Phi) is 5.21. The van der Waals surface area contributed by atoms with Crippen LogP contribution in [-0.2, 0) is 6.18 Å². The van der Waals surface area contributed by atoms with Gasteiger partial charge in [-0.3, -0.25) is 15.2 Å². The van der Waals surface area contributed by atoms with Gasteiger partial charge in [0.25, 0.3) is 0 Å². The Morgan fingerprint density at radius 3 is 2.80 bits per heavy atom. The number of aromatic nitrogens is 3. The minimum absolute atomic E-state index is 0.287. The molecule has 154 valence electrons. The zero-order chi connectivity index (χ0) is 21.1. The van der Waals surface area contributed by atoms with Crippen LogP contribution < -0.4 is 15.5 Å². The summed E-state index contributed by atoms with van der Waals surface area (Å²) in [5, 5.41) is 5.86. The average Bonchev–Trinajstić information content (AvgIpc) is 2.96. The van der Waals surface area contributed by atoms with Gasteiger partial charge in [-0.15, -0.1) is 0 Å². The molecule has 0 bridgehead atoms. The number of nitrogens with zero attached hydrogens (tertiary/aromatic N) is 4. The van der Waals surface area contributed by atoms with Gasteiger partial charge in [0, 0.05) is 31.0 Å². The van der Waals surface area contributed by atoms with E-state index in [4.69, 9.17) is 0 Å². The monoisotopic (exact) mass is 414 g/mol. The van der Waals surface area contributed by atoms with Crippen molar-refractivity contribution in [1.82, 2.24) is 15.0 Å². The third-order valence-corrected chi connectivity index (χ3v) is 4.53. The minimum atomic E-state index is -4.45. The second kappa shape index (κ2) is 7.97. The number of pyridine rings is 1. The molecule has 2 amide bonds. The van der Waals surface area contributed by atoms with Crippen molar-refractivity contribution < 1.29 is 18.0 Å². The van der Waals surface area contributed by atoms with Crippen LogP contribution in [0.3, 0.4) is 0 Å². The first-order valence-electron chi connectivity index (χ1n) is 9.19. The van der Waals surface area contributed by atoms with Gasteiger partial charge in [0.05, 0.1) is 23.1 Å². The Balaban J connectivity index is 1.69. The molecule has 10 heteroatoms. The van der Waals surface area contributed by atoms with Crippen LogP contribution in [0, 0.1) is 0 Å². The predicted octanol–water partition coefficient (Wildman–Crippen LogP) is 4.41. The zero-order valence-electron chi connectivity index (χ0n) is 15.6. The first-order chi connectivity index (χ1) is 14.4. The summed E-state index contributed by atoms with van der Waals surface area (Å²) >= 11 is 0. The number of alkyl halides is 3. The Morgan fingerprint density at radius 1 is 1.17 bits per heavy atom. The number of halogens is 3. The number of urea groups is 1. The van der Waals surface area contributed by atoms with E-state index in [1.165, 1.54) is 29.6 Å². The average molecular weight is 414 g/mol. The second-order valence-electron chi connectivity index (χ2n) is 6.60. The molecule has 3 heterocycles. The summed E-state index contributed by atoms with van der Waals surface area (Å²) in [5.74, 6) is 0.624. The predicted molar refractivity (Wildman–Crippen MR) is 106 cm³/mol. The van der Waals surface area contributed by atoms with E-state index in [1.807, 2.05) is 0 Å². The summed E-state index contributed by atoms with van der Waals surface area (Å²) in [7, 11) is 0. The summed E-state index contributed by atoms with van der Waals surface area (Å²) < 4.78 is 39.2. The number of carbonyl (C=O) groups is 1. The molecule has 1 aliphatic heterocycles. The Morgan fingerprint density at radius 2 is 2.03 bits per heavy atom. The summed E-state index contributed by atoms with van der Waals surface area (Å²) in [4.78, 5) is 26.7. The molecule has 1 aliphatic rings. The molecule has 0 saturated heterocycles. The standard InChI is InChI=1S/C20H17F3N6O/c21-20(22,23)14-4-1-3-13(11-14)15-5-6-16-18(27-15)29(10-2-7-25-16)19(30)28-17-12-24-8-9-26-17/h1,3-6,8-9,11-12,25H,2,7,10H2,(H,26,28,30). The lowest BCUT2D eigenvalue weighted by atomic mass is 10.1. The van der Waals surface area contributed by atoms with Crippen LogP contribution >= 0.6 is 0 Å². The number of hydrogen-bond donors (Lipinski definition) is 2. The molecule has 7 nitrogen and oxygen atoms in total. The van der Waals surface area contributed by atoms with Crippen LogP contribution in [0.25, 0.3) is 11.3 Å². The summed E-state index contributed by atoms with van der Waals surface area (Å²) in [6, 6.07) is 7.84. The second-order valence-corrected chi connectivity index (χ2v) is 6.60. The normalized spacial score (nSPS) is 13.8. The summed E-state index contributed by atoms with van der Waals surface area (Å²) in [6.07, 6.45) is 0.581. The van der Waals surface area contributed by atoms with Crippen molar-refractivity contribution in [2.45, 2.75) is 12.6 Å². The molecular formula is C20H17F3N6O. The number of nitrogens with one attached hydrogen (secondary N) is 2. The minimum Gasteiger partial charge on any atom is -0.382 e. The van der Waals surface area contributed by atoms with Gasteiger partial charge < -0.3 is 5.32 Å². The highest BCUT2D eigenvalue weighted by molar-refractivity contribution is 6.02. The van der Waals surface area contributed by atoms with E-state index in [0.717, 1.165) is 12.1 Å². The van der Waals surface area contributed by atoms with Crippen molar-refractivity contribution in [1.29, 1.82) is 0 Å². The lowest BCUT2D eigenvalue weighted by molar-refractivity contribution is -0.137. The summed E-state index contributed by atoms with van der Waals surface area (Å²) in [6.45, 7) is 1.01. The Hall–Kier alpha value is -3.69. The first-order valence-corrected chi connectivity index (χ1v) is 9.19. The number of benzene rings is 1. The molecule has 0 saturated carbocycles. The fourth-order valence-corrected chi connectivity index (χ4v) is 3.11. The van der Waals surface area contributed by atoms with Crippen LogP contribution in [0.4, 0.5) is 35.3 Å². The highest BCUT2D eigenvalue weighted by Crippen LogP contribution is 2.34. The molecule has 0 atom stereocenters. The highest BCUT2D eigenvalue weighted by atomic mass is 19.4. The van der Waals surface area contributed by atoms with Crippen molar-refractivity contribution in [2.24, 2.45) is 0 Å². The van der Waals surface area contributed by atoms with E-state index >= 15 is 0 Å². The van der Waals surface area contributed by atoms with Crippen LogP contribution in [-0.4, -0.2) is 34.1 Å². The number of rotatable bonds is 2. The van der Waals surface area contributed by atoms with Crippen molar-refractivity contribution >= 4 is 23.4 Å².